The van der Waals surface area contributed by atoms with Gasteiger partial charge in [-0.1, -0.05) is 19.8 Å². The van der Waals surface area contributed by atoms with Crippen molar-refractivity contribution in [3.63, 3.8) is 0 Å². The fourth-order valence-corrected chi connectivity index (χ4v) is 2.71. The summed E-state index contributed by atoms with van der Waals surface area (Å²) in [5, 5.41) is 0. The number of nitrogens with zero attached hydrogens (tertiary/aromatic N) is 1. The van der Waals surface area contributed by atoms with Gasteiger partial charge < -0.3 is 14.4 Å². The lowest BCUT2D eigenvalue weighted by Gasteiger charge is -2.28. The quantitative estimate of drug-likeness (QED) is 0.723. The highest BCUT2D eigenvalue weighted by molar-refractivity contribution is 5.67. The van der Waals surface area contributed by atoms with Crippen molar-refractivity contribution in [3.05, 3.63) is 0 Å². The van der Waals surface area contributed by atoms with Gasteiger partial charge in [0, 0.05) is 19.5 Å². The molecule has 4 nitrogen and oxygen atoms in total. The molecule has 18 heavy (non-hydrogen) atoms. The van der Waals surface area contributed by atoms with Crippen molar-refractivity contribution in [2.24, 2.45) is 0 Å². The Bertz CT molecular complexity index is 258. The Morgan fingerprint density at radius 2 is 1.83 bits per heavy atom. The summed E-state index contributed by atoms with van der Waals surface area (Å²) in [6, 6.07) is 0. The fourth-order valence-electron chi connectivity index (χ4n) is 2.71. The van der Waals surface area contributed by atoms with Gasteiger partial charge in [-0.2, -0.15) is 0 Å². The highest BCUT2D eigenvalue weighted by Crippen LogP contribution is 2.23. The molecule has 1 saturated heterocycles. The molecule has 2 rings (SSSR count). The molecule has 1 saturated carbocycles. The zero-order valence-electron chi connectivity index (χ0n) is 11.4. The highest BCUT2D eigenvalue weighted by Gasteiger charge is 2.24. The molecule has 0 aromatic carbocycles. The maximum atomic E-state index is 12.0. The number of hydrogen-bond donors (Lipinski definition) is 0. The van der Waals surface area contributed by atoms with Gasteiger partial charge in [0.2, 0.25) is 6.29 Å². The Morgan fingerprint density at radius 3 is 2.44 bits per heavy atom. The first-order valence-electron chi connectivity index (χ1n) is 7.40. The zero-order chi connectivity index (χ0) is 12.8. The second-order valence-corrected chi connectivity index (χ2v) is 5.31. The highest BCUT2D eigenvalue weighted by atomic mass is 16.7. The van der Waals surface area contributed by atoms with E-state index in [1.807, 2.05) is 11.8 Å². The minimum atomic E-state index is -0.359. The Labute approximate surface area is 110 Å². The van der Waals surface area contributed by atoms with Gasteiger partial charge in [0.05, 0.1) is 6.10 Å². The van der Waals surface area contributed by atoms with E-state index >= 15 is 0 Å². The van der Waals surface area contributed by atoms with E-state index in [4.69, 9.17) is 9.47 Å². The van der Waals surface area contributed by atoms with Gasteiger partial charge in [-0.3, -0.25) is 0 Å². The number of amides is 1. The smallest absolute Gasteiger partial charge is 0.412 e. The number of ether oxygens (including phenoxy) is 2. The number of rotatable bonds is 4. The third-order valence-electron chi connectivity index (χ3n) is 3.83. The third-order valence-corrected chi connectivity index (χ3v) is 3.83. The van der Waals surface area contributed by atoms with Gasteiger partial charge in [-0.05, 0) is 32.1 Å². The molecule has 2 aliphatic rings. The van der Waals surface area contributed by atoms with Crippen LogP contribution in [0, 0.1) is 0 Å². The van der Waals surface area contributed by atoms with Gasteiger partial charge in [-0.15, -0.1) is 0 Å². The summed E-state index contributed by atoms with van der Waals surface area (Å²) in [6.07, 6.45) is 8.57. The van der Waals surface area contributed by atoms with E-state index in [9.17, 15) is 4.79 Å². The van der Waals surface area contributed by atoms with E-state index in [0.717, 1.165) is 45.2 Å². The van der Waals surface area contributed by atoms with Crippen LogP contribution < -0.4 is 0 Å². The number of hydrogen-bond acceptors (Lipinski definition) is 3. The van der Waals surface area contributed by atoms with Crippen molar-refractivity contribution in [1.82, 2.24) is 4.90 Å². The molecule has 0 N–H and O–H groups in total. The molecule has 0 aromatic rings. The van der Waals surface area contributed by atoms with Crippen LogP contribution >= 0.6 is 0 Å². The molecule has 1 aliphatic carbocycles. The van der Waals surface area contributed by atoms with Crippen LogP contribution in [0.15, 0.2) is 0 Å². The number of carbonyl (C=O) groups excluding carboxylic acids is 1. The van der Waals surface area contributed by atoms with Crippen molar-refractivity contribution < 1.29 is 14.3 Å². The van der Waals surface area contributed by atoms with E-state index in [1.165, 1.54) is 19.3 Å². The monoisotopic (exact) mass is 255 g/mol. The molecule has 0 spiro atoms. The Kier molecular flexibility index (Phi) is 5.29. The van der Waals surface area contributed by atoms with E-state index in [1.54, 1.807) is 0 Å². The SMILES string of the molecule is CCC(OC(=O)N1CCCCC1)OC1CCCC1. The summed E-state index contributed by atoms with van der Waals surface area (Å²) in [5.74, 6) is 0. The predicted octanol–water partition coefficient (Wildman–Crippen LogP) is 3.30. The fraction of sp³-hybridized carbons (Fsp3) is 0.929. The molecule has 1 unspecified atom stereocenters. The van der Waals surface area contributed by atoms with Crippen LogP contribution in [0.5, 0.6) is 0 Å². The first kappa shape index (κ1) is 13.7. The zero-order valence-corrected chi connectivity index (χ0v) is 11.4. The molecule has 1 atom stereocenters. The number of piperidine rings is 1. The summed E-state index contributed by atoms with van der Waals surface area (Å²) < 4.78 is 11.3. The average molecular weight is 255 g/mol. The second-order valence-electron chi connectivity index (χ2n) is 5.31. The predicted molar refractivity (Wildman–Crippen MR) is 69.3 cm³/mol. The molecule has 0 bridgehead atoms. The molecular weight excluding hydrogens is 230 g/mol. The first-order chi connectivity index (χ1) is 8.79. The van der Waals surface area contributed by atoms with Crippen LogP contribution in [0.3, 0.4) is 0 Å². The van der Waals surface area contributed by atoms with Gasteiger partial charge in [0.25, 0.3) is 0 Å². The lowest BCUT2D eigenvalue weighted by Crippen LogP contribution is -2.39. The maximum absolute atomic E-state index is 12.0. The number of likely N-dealkylation sites (tertiary alicyclic amines) is 1. The van der Waals surface area contributed by atoms with Gasteiger partial charge >= 0.3 is 6.09 Å². The van der Waals surface area contributed by atoms with E-state index in [0.29, 0.717) is 6.10 Å². The average Bonchev–Trinajstić information content (AvgIpc) is 2.91. The van der Waals surface area contributed by atoms with Crippen LogP contribution in [-0.2, 0) is 9.47 Å². The molecule has 0 radical (unpaired) electrons. The van der Waals surface area contributed by atoms with Gasteiger partial charge in [0.15, 0.2) is 0 Å². The minimum Gasteiger partial charge on any atom is -0.419 e. The lowest BCUT2D eigenvalue weighted by atomic mass is 10.1. The minimum absolute atomic E-state index is 0.195. The van der Waals surface area contributed by atoms with Crippen molar-refractivity contribution in [1.29, 1.82) is 0 Å². The Hall–Kier alpha value is -0.770. The second kappa shape index (κ2) is 6.98. The normalized spacial score (nSPS) is 23.1. The Morgan fingerprint density at radius 1 is 1.17 bits per heavy atom. The van der Waals surface area contributed by atoms with Crippen molar-refractivity contribution in [3.8, 4) is 0 Å². The molecule has 104 valence electrons. The molecule has 1 heterocycles. The van der Waals surface area contributed by atoms with E-state index in [-0.39, 0.29) is 12.4 Å². The van der Waals surface area contributed by atoms with Gasteiger partial charge in [-0.25, -0.2) is 4.79 Å². The summed E-state index contributed by atoms with van der Waals surface area (Å²) in [7, 11) is 0. The van der Waals surface area contributed by atoms with Gasteiger partial charge in [0.1, 0.15) is 0 Å². The standard InChI is InChI=1S/C14H25NO3/c1-2-13(17-12-8-4-5-9-12)18-14(16)15-10-6-3-7-11-15/h12-13H,2-11H2,1H3. The van der Waals surface area contributed by atoms with Crippen LogP contribution in [0.4, 0.5) is 4.79 Å². The summed E-state index contributed by atoms with van der Waals surface area (Å²) in [5.41, 5.74) is 0. The summed E-state index contributed by atoms with van der Waals surface area (Å²) >= 11 is 0. The third kappa shape index (κ3) is 3.87. The summed E-state index contributed by atoms with van der Waals surface area (Å²) in [6.45, 7) is 3.67. The van der Waals surface area contributed by atoms with Crippen molar-refractivity contribution in [2.75, 3.05) is 13.1 Å². The van der Waals surface area contributed by atoms with E-state index < -0.39 is 0 Å². The Balaban J connectivity index is 1.75. The largest absolute Gasteiger partial charge is 0.419 e. The molecule has 1 amide bonds. The molecule has 4 heteroatoms. The van der Waals surface area contributed by atoms with Crippen molar-refractivity contribution >= 4 is 6.09 Å². The first-order valence-corrected chi connectivity index (χ1v) is 7.40. The molecule has 0 aromatic heterocycles. The van der Waals surface area contributed by atoms with Crippen LogP contribution in [-0.4, -0.2) is 36.5 Å². The topological polar surface area (TPSA) is 38.8 Å². The van der Waals surface area contributed by atoms with E-state index in [2.05, 4.69) is 0 Å². The number of carbonyl (C=O) groups is 1. The lowest BCUT2D eigenvalue weighted by molar-refractivity contribution is -0.142. The van der Waals surface area contributed by atoms with Crippen LogP contribution in [0.2, 0.25) is 0 Å². The molecular formula is C14H25NO3. The molecule has 2 fully saturated rings. The van der Waals surface area contributed by atoms with Crippen molar-refractivity contribution in [2.45, 2.75) is 70.7 Å². The van der Waals surface area contributed by atoms with Crippen LogP contribution in [0.1, 0.15) is 58.3 Å². The van der Waals surface area contributed by atoms with Crippen LogP contribution in [0.25, 0.3) is 0 Å². The molecule has 1 aliphatic heterocycles. The maximum Gasteiger partial charge on any atom is 0.412 e. The summed E-state index contributed by atoms with van der Waals surface area (Å²) in [4.78, 5) is 13.8.